The van der Waals surface area contributed by atoms with Crippen LogP contribution in [0.5, 0.6) is 17.2 Å². The Morgan fingerprint density at radius 2 is 1.64 bits per heavy atom. The van der Waals surface area contributed by atoms with Crippen LogP contribution in [-0.4, -0.2) is 34.7 Å². The predicted octanol–water partition coefficient (Wildman–Crippen LogP) is 2.11. The number of phosphoric ester groups is 1. The lowest BCUT2D eigenvalue weighted by molar-refractivity contribution is 0.103. The van der Waals surface area contributed by atoms with Gasteiger partial charge in [-0.05, 0) is 30.3 Å². The molecule has 28 heavy (non-hydrogen) atoms. The Kier molecular flexibility index (Phi) is 6.51. The molecule has 152 valence electrons. The van der Waals surface area contributed by atoms with Crippen molar-refractivity contribution in [2.24, 2.45) is 0 Å². The number of rotatable bonds is 8. The highest BCUT2D eigenvalue weighted by Gasteiger charge is 2.34. The Bertz CT molecular complexity index is 987. The molecule has 0 fully saturated rings. The van der Waals surface area contributed by atoms with E-state index in [1.807, 2.05) is 0 Å². The van der Waals surface area contributed by atoms with Crippen LogP contribution in [0.15, 0.2) is 36.4 Å². The van der Waals surface area contributed by atoms with Crippen molar-refractivity contribution in [2.45, 2.75) is 0 Å². The van der Waals surface area contributed by atoms with Gasteiger partial charge in [-0.25, -0.2) is 9.13 Å². The quantitative estimate of drug-likeness (QED) is 0.272. The van der Waals surface area contributed by atoms with Crippen LogP contribution < -0.4 is 19.7 Å². The summed E-state index contributed by atoms with van der Waals surface area (Å²) in [4.78, 5) is 39.3. The van der Waals surface area contributed by atoms with Crippen molar-refractivity contribution in [1.29, 1.82) is 0 Å². The van der Waals surface area contributed by atoms with Crippen LogP contribution >= 0.6 is 15.6 Å². The van der Waals surface area contributed by atoms with Gasteiger partial charge in [0.2, 0.25) is 0 Å². The number of ketones is 1. The van der Waals surface area contributed by atoms with Crippen LogP contribution in [0.2, 0.25) is 0 Å². The van der Waals surface area contributed by atoms with Crippen molar-refractivity contribution in [3.05, 3.63) is 47.5 Å². The van der Waals surface area contributed by atoms with Gasteiger partial charge >= 0.3 is 15.6 Å². The number of nitrogens with two attached hydrogens (primary N) is 1. The molecule has 0 aliphatic carbocycles. The van der Waals surface area contributed by atoms with Gasteiger partial charge in [-0.1, -0.05) is 0 Å². The predicted molar refractivity (Wildman–Crippen MR) is 97.4 cm³/mol. The highest BCUT2D eigenvalue weighted by Crippen LogP contribution is 2.57. The van der Waals surface area contributed by atoms with Crippen LogP contribution in [0, 0.1) is 0 Å². The third-order valence-corrected chi connectivity index (χ3v) is 5.45. The molecule has 0 saturated carbocycles. The van der Waals surface area contributed by atoms with Crippen LogP contribution in [0.3, 0.4) is 0 Å². The van der Waals surface area contributed by atoms with Gasteiger partial charge in [-0.2, -0.15) is 4.31 Å². The molecule has 11 nitrogen and oxygen atoms in total. The minimum atomic E-state index is -5.28. The molecule has 1 unspecified atom stereocenters. The Hall–Kier alpha value is -2.39. The van der Waals surface area contributed by atoms with Crippen molar-refractivity contribution in [1.82, 2.24) is 0 Å². The number of ether oxygens (including phenoxy) is 2. The first-order valence-corrected chi connectivity index (χ1v) is 10.4. The number of benzene rings is 2. The number of carbonyl (C=O) groups excluding carboxylic acids is 1. The van der Waals surface area contributed by atoms with Crippen LogP contribution in [0.4, 0.5) is 5.69 Å². The molecule has 2 aromatic rings. The number of methoxy groups -OCH3 is 2. The van der Waals surface area contributed by atoms with Gasteiger partial charge in [-0.15, -0.1) is 0 Å². The lowest BCUT2D eigenvalue weighted by Crippen LogP contribution is -2.06. The highest BCUT2D eigenvalue weighted by atomic mass is 31.3. The summed E-state index contributed by atoms with van der Waals surface area (Å²) in [7, 11) is -7.57. The molecule has 0 radical (unpaired) electrons. The van der Waals surface area contributed by atoms with Gasteiger partial charge in [0.05, 0.1) is 25.5 Å². The Morgan fingerprint density at radius 3 is 2.18 bits per heavy atom. The van der Waals surface area contributed by atoms with Crippen molar-refractivity contribution in [3.63, 3.8) is 0 Å². The molecule has 0 aliphatic heterocycles. The monoisotopic (exact) mass is 433 g/mol. The van der Waals surface area contributed by atoms with Gasteiger partial charge in [0.25, 0.3) is 0 Å². The summed E-state index contributed by atoms with van der Waals surface area (Å²) in [6, 6.07) is 8.09. The summed E-state index contributed by atoms with van der Waals surface area (Å²) in [6.45, 7) is 0. The second-order valence-corrected chi connectivity index (χ2v) is 8.03. The van der Waals surface area contributed by atoms with Crippen molar-refractivity contribution in [3.8, 4) is 17.2 Å². The Morgan fingerprint density at radius 1 is 0.964 bits per heavy atom. The molecule has 0 spiro atoms. The van der Waals surface area contributed by atoms with E-state index in [-0.39, 0.29) is 22.6 Å². The maximum atomic E-state index is 12.7. The molecule has 1 atom stereocenters. The largest absolute Gasteiger partial charge is 0.536 e. The molecule has 0 aliphatic rings. The molecule has 0 bridgehead atoms. The number of hydrogen-bond donors (Lipinski definition) is 4. The summed E-state index contributed by atoms with van der Waals surface area (Å²) < 4.78 is 40.8. The molecular formula is C15H17NO10P2. The summed E-state index contributed by atoms with van der Waals surface area (Å²) in [6.07, 6.45) is 0. The second-order valence-electron chi connectivity index (χ2n) is 5.28. The first-order chi connectivity index (χ1) is 13.0. The van der Waals surface area contributed by atoms with E-state index in [9.17, 15) is 18.8 Å². The third-order valence-electron chi connectivity index (χ3n) is 3.35. The fourth-order valence-electron chi connectivity index (χ4n) is 2.19. The molecule has 2 rings (SSSR count). The zero-order chi connectivity index (χ0) is 21.1. The van der Waals surface area contributed by atoms with Crippen molar-refractivity contribution >= 4 is 27.1 Å². The fraction of sp³-hybridized carbons (Fsp3) is 0.133. The first-order valence-electron chi connectivity index (χ1n) is 7.41. The zero-order valence-electron chi connectivity index (χ0n) is 14.6. The van der Waals surface area contributed by atoms with E-state index in [4.69, 9.17) is 25.0 Å². The molecule has 2 aromatic carbocycles. The number of phosphoric acid groups is 2. The van der Waals surface area contributed by atoms with Crippen LogP contribution in [-0.2, 0) is 13.4 Å². The van der Waals surface area contributed by atoms with E-state index in [1.165, 1.54) is 38.5 Å². The molecule has 0 heterocycles. The SMILES string of the molecule is COc1ccc(C(=O)c2ccc(OP(=O)(O)OP(=O)(O)O)c(N)c2)c(OC)c1. The van der Waals surface area contributed by atoms with Gasteiger partial charge in [0.1, 0.15) is 11.5 Å². The average molecular weight is 433 g/mol. The van der Waals surface area contributed by atoms with E-state index < -0.39 is 27.2 Å². The Labute approximate surface area is 159 Å². The number of hydrogen-bond acceptors (Lipinski definition) is 8. The molecular weight excluding hydrogens is 416 g/mol. The highest BCUT2D eigenvalue weighted by molar-refractivity contribution is 7.60. The molecule has 0 saturated heterocycles. The Balaban J connectivity index is 2.30. The van der Waals surface area contributed by atoms with Crippen LogP contribution in [0.1, 0.15) is 15.9 Å². The maximum absolute atomic E-state index is 12.7. The van der Waals surface area contributed by atoms with Crippen molar-refractivity contribution in [2.75, 3.05) is 20.0 Å². The number of carbonyl (C=O) groups is 1. The molecule has 0 amide bonds. The van der Waals surface area contributed by atoms with Crippen molar-refractivity contribution < 1.29 is 46.9 Å². The van der Waals surface area contributed by atoms with E-state index in [0.717, 1.165) is 6.07 Å². The lowest BCUT2D eigenvalue weighted by atomic mass is 10.0. The minimum Gasteiger partial charge on any atom is -0.497 e. The normalized spacial score (nSPS) is 13.5. The van der Waals surface area contributed by atoms with Crippen LogP contribution in [0.25, 0.3) is 0 Å². The molecule has 13 heteroatoms. The van der Waals surface area contributed by atoms with Gasteiger partial charge < -0.3 is 29.5 Å². The summed E-state index contributed by atoms with van der Waals surface area (Å²) >= 11 is 0. The van der Waals surface area contributed by atoms with E-state index >= 15 is 0 Å². The molecule has 0 aromatic heterocycles. The lowest BCUT2D eigenvalue weighted by Gasteiger charge is -2.15. The molecule has 5 N–H and O–H groups in total. The third kappa shape index (κ3) is 5.56. The summed E-state index contributed by atoms with van der Waals surface area (Å²) in [5, 5.41) is 0. The standard InChI is InChI=1S/C15H17NO10P2/c1-23-10-4-5-11(14(8-10)24-2)15(17)9-3-6-13(12(16)7-9)25-28(21,22)26-27(18,19)20/h3-8H,16H2,1-2H3,(H,21,22)(H2,18,19,20). The number of anilines is 1. The second kappa shape index (κ2) is 8.32. The maximum Gasteiger partial charge on any atom is 0.536 e. The smallest absolute Gasteiger partial charge is 0.497 e. The van der Waals surface area contributed by atoms with E-state index in [1.54, 1.807) is 6.07 Å². The van der Waals surface area contributed by atoms with E-state index in [2.05, 4.69) is 8.83 Å². The first kappa shape index (κ1) is 21.9. The van der Waals surface area contributed by atoms with Gasteiger partial charge in [-0.3, -0.25) is 9.69 Å². The summed E-state index contributed by atoms with van der Waals surface area (Å²) in [5.41, 5.74) is 5.80. The van der Waals surface area contributed by atoms with Gasteiger partial charge in [0, 0.05) is 11.6 Å². The number of nitrogen functional groups attached to an aromatic ring is 1. The van der Waals surface area contributed by atoms with Gasteiger partial charge in [0.15, 0.2) is 11.5 Å². The van der Waals surface area contributed by atoms with E-state index in [0.29, 0.717) is 5.75 Å². The summed E-state index contributed by atoms with van der Waals surface area (Å²) in [5.74, 6) is -0.118. The topological polar surface area (TPSA) is 175 Å². The minimum absolute atomic E-state index is 0.108. The average Bonchev–Trinajstić information content (AvgIpc) is 2.60. The fourth-order valence-corrected chi connectivity index (χ4v) is 3.81. The zero-order valence-corrected chi connectivity index (χ0v) is 16.4.